The number of rotatable bonds is 4. The lowest BCUT2D eigenvalue weighted by molar-refractivity contribution is 0.370. The van der Waals surface area contributed by atoms with Crippen molar-refractivity contribution < 1.29 is 6.85 Å². The fraction of sp³-hybridized carbons (Fsp3) is 0.824. The van der Waals surface area contributed by atoms with E-state index in [1.807, 2.05) is 0 Å². The SMILES string of the molecule is [2H]c1cc([C@@H]2C([2H])[C@H]3CC[C@@H]2C3)c([C@@H]2C([2H])[C@H]3CC[C@@H]2C3)c([C@@H]2C([2H])[C@H]3CC[C@@H]2C3)c1[C@@H]1C([2H])[C@H]2CC[C@@H]1C2. The molecule has 8 saturated carbocycles. The summed E-state index contributed by atoms with van der Waals surface area (Å²) >= 11 is 0. The molecule has 182 valence electrons. The van der Waals surface area contributed by atoms with Crippen molar-refractivity contribution in [3.05, 3.63) is 34.4 Å². The van der Waals surface area contributed by atoms with Crippen LogP contribution in [0.4, 0.5) is 0 Å². The van der Waals surface area contributed by atoms with Gasteiger partial charge in [0, 0.05) is 5.48 Å². The standard InChI is InChI=1S/C34H46/c1-5-23-11-19(1)15-29(23)27-9-10-28(30-16-20-2-6-24(30)12-20)34(32-18-22-4-8-26(32)14-22)33(27)31-17-21-3-7-25(31)13-21/h9-10,19-26,29-32H,1-8,11-18H2/t19-,20-,21-,22-,23+,24+,25+,26+,29+,30+,31+,32+/m0/s1/i9D,15D,16D,17D,18D/t15?,16?,17?,18?,19-,20-,21-,22-,23+,24+,25+,26+,29+,30+,31+,32+. The van der Waals surface area contributed by atoms with Crippen LogP contribution in [0.5, 0.6) is 0 Å². The summed E-state index contributed by atoms with van der Waals surface area (Å²) in [7, 11) is 0. The van der Waals surface area contributed by atoms with Gasteiger partial charge in [-0.25, -0.2) is 0 Å². The molecule has 0 radical (unpaired) electrons. The van der Waals surface area contributed by atoms with E-state index in [0.29, 0.717) is 53.4 Å². The minimum absolute atomic E-state index is 0.0666. The van der Waals surface area contributed by atoms with E-state index in [2.05, 4.69) is 6.07 Å². The molecule has 0 saturated heterocycles. The Bertz CT molecular complexity index is 1170. The summed E-state index contributed by atoms with van der Waals surface area (Å²) in [5.74, 6) is 4.98. The lowest BCUT2D eigenvalue weighted by Crippen LogP contribution is -2.24. The third-order valence-electron chi connectivity index (χ3n) is 12.6. The molecular weight excluding hydrogens is 408 g/mol. The second kappa shape index (κ2) is 7.38. The highest BCUT2D eigenvalue weighted by molar-refractivity contribution is 5.51. The molecule has 0 heterocycles. The number of fused-ring (bicyclic) bond motifs is 8. The maximum Gasteiger partial charge on any atom is 0.0626 e. The second-order valence-corrected chi connectivity index (χ2v) is 14.2. The molecular formula is C34H46. The van der Waals surface area contributed by atoms with Gasteiger partial charge >= 0.3 is 0 Å². The zero-order valence-electron chi connectivity index (χ0n) is 25.8. The van der Waals surface area contributed by atoms with Gasteiger partial charge in [-0.1, -0.05) is 37.8 Å². The van der Waals surface area contributed by atoms with Crippen molar-refractivity contribution in [2.75, 3.05) is 0 Å². The van der Waals surface area contributed by atoms with Gasteiger partial charge in [0.15, 0.2) is 0 Å². The van der Waals surface area contributed by atoms with Gasteiger partial charge in [0.25, 0.3) is 0 Å². The first-order valence-corrected chi connectivity index (χ1v) is 15.3. The van der Waals surface area contributed by atoms with E-state index < -0.39 is 0 Å². The van der Waals surface area contributed by atoms with E-state index in [4.69, 9.17) is 0 Å². The molecule has 0 N–H and O–H groups in total. The molecule has 8 fully saturated rings. The highest BCUT2D eigenvalue weighted by Crippen LogP contribution is 2.64. The lowest BCUT2D eigenvalue weighted by atomic mass is 9.66. The molecule has 34 heavy (non-hydrogen) atoms. The predicted octanol–water partition coefficient (Wildman–Crippen LogP) is 9.30. The number of benzene rings is 1. The number of hydrogen-bond acceptors (Lipinski definition) is 0. The van der Waals surface area contributed by atoms with Crippen molar-refractivity contribution in [1.82, 2.24) is 0 Å². The van der Waals surface area contributed by atoms with Crippen LogP contribution in [0.1, 0.15) is 155 Å². The Kier molecular flexibility index (Phi) is 3.51. The largest absolute Gasteiger partial charge is 0.0626 e. The van der Waals surface area contributed by atoms with Crippen molar-refractivity contribution in [3.63, 3.8) is 0 Å². The van der Waals surface area contributed by atoms with Crippen molar-refractivity contribution in [2.24, 2.45) is 47.3 Å². The first-order valence-electron chi connectivity index (χ1n) is 18.1. The molecule has 0 heteroatoms. The molecule has 9 rings (SSSR count). The Labute approximate surface area is 215 Å². The van der Waals surface area contributed by atoms with Crippen LogP contribution < -0.4 is 0 Å². The minimum Gasteiger partial charge on any atom is -0.0582 e. The summed E-state index contributed by atoms with van der Waals surface area (Å²) in [6.07, 6.45) is 14.0. The Hall–Kier alpha value is -0.780. The molecule has 16 atom stereocenters. The highest BCUT2D eigenvalue weighted by atomic mass is 14.5. The van der Waals surface area contributed by atoms with Crippen LogP contribution in [-0.2, 0) is 0 Å². The molecule has 0 aliphatic heterocycles. The molecule has 8 bridgehead atoms. The molecule has 0 nitrogen and oxygen atoms in total. The molecule has 4 unspecified atom stereocenters. The first kappa shape index (κ1) is 16.1. The summed E-state index contributed by atoms with van der Waals surface area (Å²) in [6, 6.07) is 2.89. The third-order valence-corrected chi connectivity index (χ3v) is 12.6. The van der Waals surface area contributed by atoms with Gasteiger partial charge in [0.05, 0.1) is 1.37 Å². The number of hydrogen-bond donors (Lipinski definition) is 0. The quantitative estimate of drug-likeness (QED) is 0.421. The van der Waals surface area contributed by atoms with Gasteiger partial charge in [-0.2, -0.15) is 0 Å². The maximum absolute atomic E-state index is 9.68. The lowest BCUT2D eigenvalue weighted by Gasteiger charge is -2.38. The Morgan fingerprint density at radius 1 is 0.500 bits per heavy atom. The smallest absolute Gasteiger partial charge is 0.0582 e. The second-order valence-electron chi connectivity index (χ2n) is 14.2. The predicted molar refractivity (Wildman–Crippen MR) is 139 cm³/mol. The summed E-state index contributed by atoms with van der Waals surface area (Å²) in [5, 5.41) is 0. The molecule has 0 aromatic heterocycles. The summed E-state index contributed by atoms with van der Waals surface area (Å²) in [6.45, 7) is 0. The molecule has 8 aliphatic carbocycles. The van der Waals surface area contributed by atoms with E-state index in [1.165, 1.54) is 92.9 Å². The van der Waals surface area contributed by atoms with Gasteiger partial charge in [0.1, 0.15) is 0 Å². The zero-order valence-corrected chi connectivity index (χ0v) is 20.8. The van der Waals surface area contributed by atoms with Crippen LogP contribution in [0, 0.1) is 47.3 Å². The molecule has 0 amide bonds. The topological polar surface area (TPSA) is 0 Å². The first-order chi connectivity index (χ1) is 18.9. The van der Waals surface area contributed by atoms with Crippen molar-refractivity contribution in [3.8, 4) is 0 Å². The van der Waals surface area contributed by atoms with Gasteiger partial charge in [-0.3, -0.25) is 0 Å². The van der Waals surface area contributed by atoms with Crippen LogP contribution >= 0.6 is 0 Å². The van der Waals surface area contributed by atoms with Gasteiger partial charge < -0.3 is 0 Å². The highest BCUT2D eigenvalue weighted by Gasteiger charge is 2.50. The van der Waals surface area contributed by atoms with E-state index in [-0.39, 0.29) is 49.3 Å². The van der Waals surface area contributed by atoms with Gasteiger partial charge in [-0.15, -0.1) is 0 Å². The molecule has 1 aromatic carbocycles. The van der Waals surface area contributed by atoms with E-state index in [9.17, 15) is 6.85 Å². The van der Waals surface area contributed by atoms with E-state index >= 15 is 0 Å². The van der Waals surface area contributed by atoms with Crippen LogP contribution in [0.3, 0.4) is 0 Å². The summed E-state index contributed by atoms with van der Waals surface area (Å²) in [4.78, 5) is 0. The van der Waals surface area contributed by atoms with Crippen molar-refractivity contribution in [1.29, 1.82) is 0 Å². The zero-order chi connectivity index (χ0) is 26.3. The fourth-order valence-electron chi connectivity index (χ4n) is 11.3. The van der Waals surface area contributed by atoms with E-state index in [1.54, 1.807) is 0 Å². The van der Waals surface area contributed by atoms with Gasteiger partial charge in [0.2, 0.25) is 0 Å². The van der Waals surface area contributed by atoms with Crippen LogP contribution in [0.15, 0.2) is 12.1 Å². The van der Waals surface area contributed by atoms with Crippen molar-refractivity contribution in [2.45, 2.75) is 126 Å². The van der Waals surface area contributed by atoms with Crippen LogP contribution in [0.25, 0.3) is 0 Å². The third kappa shape index (κ3) is 2.84. The van der Waals surface area contributed by atoms with Crippen LogP contribution in [-0.4, -0.2) is 0 Å². The fourth-order valence-corrected chi connectivity index (χ4v) is 11.3. The maximum atomic E-state index is 9.68. The monoisotopic (exact) mass is 459 g/mol. The normalized spacial score (nSPS) is 62.8. The van der Waals surface area contributed by atoms with Crippen molar-refractivity contribution >= 4 is 0 Å². The van der Waals surface area contributed by atoms with E-state index in [0.717, 1.165) is 6.42 Å². The summed E-state index contributed by atoms with van der Waals surface area (Å²) < 4.78 is 47.5. The Morgan fingerprint density at radius 3 is 1.29 bits per heavy atom. The molecule has 0 spiro atoms. The van der Waals surface area contributed by atoms with Gasteiger partial charge in [-0.05, 0) is 170 Å². The minimum atomic E-state index is -0.105. The average Bonchev–Trinajstić information content (AvgIpc) is 3.76. The van der Waals surface area contributed by atoms with Crippen LogP contribution in [0.2, 0.25) is 0 Å². The Morgan fingerprint density at radius 2 is 0.882 bits per heavy atom. The average molecular weight is 460 g/mol. The molecule has 1 aromatic rings. The summed E-state index contributed by atoms with van der Waals surface area (Å²) in [5.41, 5.74) is 5.29. The molecule has 8 aliphatic rings. The Balaban J connectivity index is 1.31.